The minimum atomic E-state index is -5.80. The summed E-state index contributed by atoms with van der Waals surface area (Å²) in [7, 11) is 0. The van der Waals surface area contributed by atoms with Gasteiger partial charge in [0.15, 0.2) is 0 Å². The molecule has 0 radical (unpaired) electrons. The Hall–Kier alpha value is -0.720. The monoisotopic (exact) mass is 217 g/mol. The van der Waals surface area contributed by atoms with E-state index in [-0.39, 0.29) is 6.42 Å². The van der Waals surface area contributed by atoms with E-state index >= 15 is 0 Å². The minimum absolute atomic E-state index is 0.0322. The fourth-order valence-electron chi connectivity index (χ4n) is 1.27. The van der Waals surface area contributed by atoms with Gasteiger partial charge in [-0.2, -0.15) is 22.0 Å². The van der Waals surface area contributed by atoms with Crippen LogP contribution in [0.2, 0.25) is 0 Å². The van der Waals surface area contributed by atoms with E-state index in [1.165, 1.54) is 0 Å². The van der Waals surface area contributed by atoms with E-state index in [2.05, 4.69) is 5.32 Å². The zero-order valence-electron chi connectivity index (χ0n) is 7.00. The maximum atomic E-state index is 12.5. The number of carbonyl (C=O) groups is 1. The summed E-state index contributed by atoms with van der Waals surface area (Å²) in [4.78, 5) is 10.8. The molecule has 0 aromatic heterocycles. The van der Waals surface area contributed by atoms with Crippen LogP contribution < -0.4 is 5.32 Å². The lowest BCUT2D eigenvalue weighted by molar-refractivity contribution is -0.269. The molecule has 1 aliphatic rings. The molecule has 14 heavy (non-hydrogen) atoms. The number of halogens is 5. The Morgan fingerprint density at radius 1 is 1.21 bits per heavy atom. The van der Waals surface area contributed by atoms with Crippen LogP contribution in [-0.4, -0.2) is 30.5 Å². The van der Waals surface area contributed by atoms with Crippen molar-refractivity contribution in [1.82, 2.24) is 5.32 Å². The zero-order chi connectivity index (χ0) is 11.0. The van der Waals surface area contributed by atoms with Gasteiger partial charge in [0, 0.05) is 0 Å². The highest BCUT2D eigenvalue weighted by Gasteiger charge is 2.64. The Labute approximate surface area is 76.5 Å². The predicted molar refractivity (Wildman–Crippen MR) is 37.0 cm³/mol. The Morgan fingerprint density at radius 2 is 1.79 bits per heavy atom. The lowest BCUT2D eigenvalue weighted by atomic mass is 10.0. The second kappa shape index (κ2) is 3.45. The van der Waals surface area contributed by atoms with Gasteiger partial charge < -0.3 is 5.32 Å². The zero-order valence-corrected chi connectivity index (χ0v) is 7.00. The van der Waals surface area contributed by atoms with Crippen LogP contribution in [0, 0.1) is 0 Å². The van der Waals surface area contributed by atoms with Gasteiger partial charge in [0.05, 0.1) is 6.04 Å². The average Bonchev–Trinajstić information content (AvgIpc) is 2.52. The molecule has 1 atom stereocenters. The van der Waals surface area contributed by atoms with Crippen molar-refractivity contribution in [2.75, 3.05) is 6.54 Å². The Kier molecular flexibility index (Phi) is 2.80. The molecule has 2 nitrogen and oxygen atoms in total. The minimum Gasteiger partial charge on any atom is -0.307 e. The van der Waals surface area contributed by atoms with Gasteiger partial charge in [-0.25, -0.2) is 0 Å². The highest BCUT2D eigenvalue weighted by atomic mass is 19.4. The highest BCUT2D eigenvalue weighted by Crippen LogP contribution is 2.37. The third-order valence-corrected chi connectivity index (χ3v) is 2.04. The molecular formula is C7H8F5NO. The second-order valence-electron chi connectivity index (χ2n) is 3.09. The van der Waals surface area contributed by atoms with Crippen LogP contribution in [0.1, 0.15) is 12.8 Å². The number of hydrogen-bond donors (Lipinski definition) is 1. The van der Waals surface area contributed by atoms with Gasteiger partial charge in [0.25, 0.3) is 0 Å². The van der Waals surface area contributed by atoms with Crippen molar-refractivity contribution in [1.29, 1.82) is 0 Å². The standard InChI is InChI=1S/C7H8F5NO/c8-6(9,7(10,11)12)5(14)4-2-1-3-13-4/h4,13H,1-3H2/t4-/m0/s1. The molecule has 0 saturated carbocycles. The number of ketones is 1. The third kappa shape index (κ3) is 1.87. The fourth-order valence-corrected chi connectivity index (χ4v) is 1.27. The second-order valence-corrected chi connectivity index (χ2v) is 3.09. The first kappa shape index (κ1) is 11.4. The first-order valence-electron chi connectivity index (χ1n) is 3.99. The molecule has 1 rings (SSSR count). The molecule has 0 aromatic carbocycles. The molecule has 0 bridgehead atoms. The lowest BCUT2D eigenvalue weighted by Gasteiger charge is -2.21. The first-order valence-corrected chi connectivity index (χ1v) is 3.99. The Morgan fingerprint density at radius 3 is 2.14 bits per heavy atom. The summed E-state index contributed by atoms with van der Waals surface area (Å²) in [5.74, 6) is -7.32. The van der Waals surface area contributed by atoms with Crippen LogP contribution >= 0.6 is 0 Å². The highest BCUT2D eigenvalue weighted by molar-refractivity contribution is 5.91. The van der Waals surface area contributed by atoms with Gasteiger partial charge in [-0.1, -0.05) is 0 Å². The molecule has 82 valence electrons. The summed E-state index contributed by atoms with van der Waals surface area (Å²) in [6, 6.07) is -1.37. The van der Waals surface area contributed by atoms with Crippen molar-refractivity contribution < 1.29 is 26.7 Å². The SMILES string of the molecule is O=C([C@@H]1CCCN1)C(F)(F)C(F)(F)F. The van der Waals surface area contributed by atoms with Crippen LogP contribution in [0.4, 0.5) is 22.0 Å². The Bertz CT molecular complexity index is 231. The number of Topliss-reactive ketones (excluding diaryl/α,β-unsaturated/α-hetero) is 1. The number of nitrogens with one attached hydrogen (secondary N) is 1. The maximum absolute atomic E-state index is 12.5. The van der Waals surface area contributed by atoms with Crippen LogP contribution in [-0.2, 0) is 4.79 Å². The summed E-state index contributed by atoms with van der Waals surface area (Å²) in [5, 5.41) is 2.31. The van der Waals surface area contributed by atoms with Crippen molar-refractivity contribution in [3.63, 3.8) is 0 Å². The molecule has 1 saturated heterocycles. The van der Waals surface area contributed by atoms with E-state index < -0.39 is 23.9 Å². The molecule has 0 amide bonds. The van der Waals surface area contributed by atoms with Gasteiger partial charge in [0.2, 0.25) is 5.78 Å². The topological polar surface area (TPSA) is 29.1 Å². The van der Waals surface area contributed by atoms with E-state index in [1.54, 1.807) is 0 Å². The molecule has 1 aliphatic heterocycles. The Balaban J connectivity index is 2.76. The number of alkyl halides is 5. The summed E-state index contributed by atoms with van der Waals surface area (Å²) >= 11 is 0. The number of rotatable bonds is 2. The van der Waals surface area contributed by atoms with Crippen molar-refractivity contribution >= 4 is 5.78 Å². The van der Waals surface area contributed by atoms with E-state index in [0.29, 0.717) is 13.0 Å². The van der Waals surface area contributed by atoms with E-state index in [1.807, 2.05) is 0 Å². The number of hydrogen-bond acceptors (Lipinski definition) is 2. The predicted octanol–water partition coefficient (Wildman–Crippen LogP) is 1.51. The normalized spacial score (nSPS) is 23.9. The van der Waals surface area contributed by atoms with Crippen molar-refractivity contribution in [2.24, 2.45) is 0 Å². The summed E-state index contributed by atoms with van der Waals surface area (Å²) < 4.78 is 60.1. The summed E-state index contributed by atoms with van der Waals surface area (Å²) in [6.07, 6.45) is -5.33. The molecule has 0 aliphatic carbocycles. The van der Waals surface area contributed by atoms with Gasteiger partial charge in [-0.05, 0) is 19.4 Å². The fraction of sp³-hybridized carbons (Fsp3) is 0.857. The first-order chi connectivity index (χ1) is 6.27. The van der Waals surface area contributed by atoms with Gasteiger partial charge in [-0.3, -0.25) is 4.79 Å². The lowest BCUT2D eigenvalue weighted by Crippen LogP contribution is -2.51. The van der Waals surface area contributed by atoms with E-state index in [9.17, 15) is 26.7 Å². The molecule has 7 heteroatoms. The van der Waals surface area contributed by atoms with Crippen molar-refractivity contribution in [2.45, 2.75) is 31.0 Å². The van der Waals surface area contributed by atoms with Gasteiger partial charge in [0.1, 0.15) is 0 Å². The quantitative estimate of drug-likeness (QED) is 0.710. The van der Waals surface area contributed by atoms with Crippen LogP contribution in [0.5, 0.6) is 0 Å². The van der Waals surface area contributed by atoms with Gasteiger partial charge in [-0.15, -0.1) is 0 Å². The molecular weight excluding hydrogens is 209 g/mol. The van der Waals surface area contributed by atoms with E-state index in [0.717, 1.165) is 0 Å². The molecule has 0 aromatic rings. The molecule has 0 unspecified atom stereocenters. The summed E-state index contributed by atoms with van der Waals surface area (Å²) in [6.45, 7) is 0.296. The average molecular weight is 217 g/mol. The van der Waals surface area contributed by atoms with Crippen LogP contribution in [0.15, 0.2) is 0 Å². The molecule has 1 heterocycles. The van der Waals surface area contributed by atoms with Crippen molar-refractivity contribution in [3.05, 3.63) is 0 Å². The molecule has 1 N–H and O–H groups in total. The maximum Gasteiger partial charge on any atom is 0.461 e. The molecule has 1 fully saturated rings. The third-order valence-electron chi connectivity index (χ3n) is 2.04. The molecule has 0 spiro atoms. The van der Waals surface area contributed by atoms with E-state index in [4.69, 9.17) is 0 Å². The summed E-state index contributed by atoms with van der Waals surface area (Å²) in [5.41, 5.74) is 0. The van der Waals surface area contributed by atoms with Crippen molar-refractivity contribution in [3.8, 4) is 0 Å². The smallest absolute Gasteiger partial charge is 0.307 e. The number of carbonyl (C=O) groups excluding carboxylic acids is 1. The van der Waals surface area contributed by atoms with Crippen LogP contribution in [0.3, 0.4) is 0 Å². The van der Waals surface area contributed by atoms with Crippen LogP contribution in [0.25, 0.3) is 0 Å². The van der Waals surface area contributed by atoms with Gasteiger partial charge >= 0.3 is 12.1 Å². The largest absolute Gasteiger partial charge is 0.461 e.